The number of benzene rings is 3. The van der Waals surface area contributed by atoms with Crippen molar-refractivity contribution in [1.82, 2.24) is 9.78 Å². The number of carboxylic acids is 1. The van der Waals surface area contributed by atoms with Gasteiger partial charge in [-0.15, -0.1) is 0 Å². The van der Waals surface area contributed by atoms with Crippen molar-refractivity contribution in [1.29, 1.82) is 0 Å². The zero-order valence-corrected chi connectivity index (χ0v) is 16.0. The van der Waals surface area contributed by atoms with Crippen LogP contribution in [0.2, 0.25) is 0 Å². The summed E-state index contributed by atoms with van der Waals surface area (Å²) in [6, 6.07) is 15.6. The average molecular weight is 423 g/mol. The highest BCUT2D eigenvalue weighted by Crippen LogP contribution is 2.26. The number of nitrogens with zero attached hydrogens (tertiary/aromatic N) is 2. The van der Waals surface area contributed by atoms with Gasteiger partial charge in [0.2, 0.25) is 0 Å². The van der Waals surface area contributed by atoms with Crippen LogP contribution in [0.4, 0.5) is 18.9 Å². The first kappa shape index (κ1) is 20.2. The lowest BCUT2D eigenvalue weighted by Gasteiger charge is -2.07. The lowest BCUT2D eigenvalue weighted by molar-refractivity contribution is 0.0697. The summed E-state index contributed by atoms with van der Waals surface area (Å²) in [5.74, 6) is -3.37. The number of aromatic nitrogens is 2. The molecule has 4 aromatic rings. The summed E-state index contributed by atoms with van der Waals surface area (Å²) in [5, 5.41) is 16.6. The van der Waals surface area contributed by atoms with Crippen molar-refractivity contribution in [2.45, 2.75) is 6.54 Å². The molecule has 0 spiro atoms. The van der Waals surface area contributed by atoms with Crippen molar-refractivity contribution >= 4 is 11.7 Å². The van der Waals surface area contributed by atoms with Gasteiger partial charge in [-0.1, -0.05) is 12.1 Å². The smallest absolute Gasteiger partial charge is 0.335 e. The molecule has 8 heteroatoms. The van der Waals surface area contributed by atoms with E-state index in [4.69, 9.17) is 5.11 Å². The number of carboxylic acid groups (broad SMARTS) is 1. The first-order chi connectivity index (χ1) is 14.9. The predicted octanol–water partition coefficient (Wildman–Crippen LogP) is 5.27. The molecular weight excluding hydrogens is 407 g/mol. The van der Waals surface area contributed by atoms with Crippen molar-refractivity contribution in [2.24, 2.45) is 0 Å². The van der Waals surface area contributed by atoms with Gasteiger partial charge < -0.3 is 10.4 Å². The Morgan fingerprint density at radius 1 is 0.968 bits per heavy atom. The van der Waals surface area contributed by atoms with Crippen LogP contribution in [0.1, 0.15) is 15.9 Å². The molecule has 0 aliphatic carbocycles. The first-order valence-corrected chi connectivity index (χ1v) is 9.28. The lowest BCUT2D eigenvalue weighted by atomic mass is 10.1. The summed E-state index contributed by atoms with van der Waals surface area (Å²) < 4.78 is 42.0. The Bertz CT molecular complexity index is 1250. The summed E-state index contributed by atoms with van der Waals surface area (Å²) >= 11 is 0. The van der Waals surface area contributed by atoms with E-state index in [9.17, 15) is 18.0 Å². The third kappa shape index (κ3) is 4.42. The van der Waals surface area contributed by atoms with Gasteiger partial charge in [0.25, 0.3) is 0 Å². The van der Waals surface area contributed by atoms with E-state index < -0.39 is 23.4 Å². The van der Waals surface area contributed by atoms with Gasteiger partial charge in [0.05, 0.1) is 16.9 Å². The Labute approximate surface area is 175 Å². The van der Waals surface area contributed by atoms with Crippen LogP contribution in [0.5, 0.6) is 0 Å². The first-order valence-electron chi connectivity index (χ1n) is 9.28. The van der Waals surface area contributed by atoms with Crippen LogP contribution < -0.4 is 5.32 Å². The second-order valence-corrected chi connectivity index (χ2v) is 6.79. The molecule has 2 N–H and O–H groups in total. The van der Waals surface area contributed by atoms with Crippen molar-refractivity contribution in [3.05, 3.63) is 102 Å². The van der Waals surface area contributed by atoms with Gasteiger partial charge in [0, 0.05) is 35.6 Å². The molecule has 0 bridgehead atoms. The number of hydrogen-bond acceptors (Lipinski definition) is 3. The monoisotopic (exact) mass is 423 g/mol. The maximum absolute atomic E-state index is 13.8. The highest BCUT2D eigenvalue weighted by molar-refractivity contribution is 5.87. The molecule has 0 saturated carbocycles. The maximum Gasteiger partial charge on any atom is 0.335 e. The number of rotatable bonds is 6. The van der Waals surface area contributed by atoms with Crippen LogP contribution in [0.25, 0.3) is 16.9 Å². The largest absolute Gasteiger partial charge is 0.478 e. The molecule has 4 rings (SSSR count). The predicted molar refractivity (Wildman–Crippen MR) is 110 cm³/mol. The normalized spacial score (nSPS) is 10.8. The molecule has 0 atom stereocenters. The molecule has 1 aromatic heterocycles. The minimum atomic E-state index is -1.04. The average Bonchev–Trinajstić information content (AvgIpc) is 3.19. The van der Waals surface area contributed by atoms with E-state index in [-0.39, 0.29) is 12.1 Å². The standard InChI is InChI=1S/C23H16F3N3O2/c24-17-3-1-2-15(10-17)22-16(12-27-18-6-9-20(25)21(26)11-18)13-29(28-22)19-7-4-14(5-8-19)23(30)31/h1-11,13,27H,12H2,(H,30,31). The Morgan fingerprint density at radius 3 is 2.42 bits per heavy atom. The molecule has 0 aliphatic rings. The summed E-state index contributed by atoms with van der Waals surface area (Å²) in [6.07, 6.45) is 1.71. The van der Waals surface area contributed by atoms with Gasteiger partial charge in [-0.25, -0.2) is 22.6 Å². The molecule has 5 nitrogen and oxygen atoms in total. The molecule has 31 heavy (non-hydrogen) atoms. The van der Waals surface area contributed by atoms with Crippen LogP contribution >= 0.6 is 0 Å². The highest BCUT2D eigenvalue weighted by atomic mass is 19.2. The molecule has 0 fully saturated rings. The van der Waals surface area contributed by atoms with Crippen LogP contribution in [0, 0.1) is 17.5 Å². The molecule has 1 heterocycles. The van der Waals surface area contributed by atoms with Crippen LogP contribution in [0.15, 0.2) is 72.9 Å². The Kier molecular flexibility index (Phi) is 5.44. The van der Waals surface area contributed by atoms with Crippen molar-refractivity contribution < 1.29 is 23.1 Å². The summed E-state index contributed by atoms with van der Waals surface area (Å²) in [5.41, 5.74) is 2.85. The van der Waals surface area contributed by atoms with Gasteiger partial charge in [0.15, 0.2) is 11.6 Å². The Hall–Kier alpha value is -4.07. The van der Waals surface area contributed by atoms with Crippen LogP contribution in [0.3, 0.4) is 0 Å². The molecule has 0 saturated heterocycles. The number of nitrogens with one attached hydrogen (secondary N) is 1. The van der Waals surface area contributed by atoms with E-state index in [1.807, 2.05) is 0 Å². The fourth-order valence-corrected chi connectivity index (χ4v) is 3.11. The summed E-state index contributed by atoms with van der Waals surface area (Å²) in [6.45, 7) is 0.212. The molecule has 0 unspecified atom stereocenters. The molecule has 0 aliphatic heterocycles. The van der Waals surface area contributed by atoms with Crippen molar-refractivity contribution in [2.75, 3.05) is 5.32 Å². The van der Waals surface area contributed by atoms with E-state index in [0.717, 1.165) is 12.1 Å². The van der Waals surface area contributed by atoms with Gasteiger partial charge >= 0.3 is 5.97 Å². The van der Waals surface area contributed by atoms with E-state index in [0.29, 0.717) is 28.2 Å². The molecule has 156 valence electrons. The fourth-order valence-electron chi connectivity index (χ4n) is 3.11. The Morgan fingerprint density at radius 2 is 1.74 bits per heavy atom. The van der Waals surface area contributed by atoms with Gasteiger partial charge in [-0.2, -0.15) is 5.10 Å². The molecule has 0 radical (unpaired) electrons. The minimum Gasteiger partial charge on any atom is -0.478 e. The van der Waals surface area contributed by atoms with Gasteiger partial charge in [-0.3, -0.25) is 0 Å². The van der Waals surface area contributed by atoms with E-state index in [2.05, 4.69) is 10.4 Å². The number of anilines is 1. The lowest BCUT2D eigenvalue weighted by Crippen LogP contribution is -2.01. The second-order valence-electron chi connectivity index (χ2n) is 6.79. The molecular formula is C23H16F3N3O2. The van der Waals surface area contributed by atoms with Gasteiger partial charge in [-0.05, 0) is 48.5 Å². The van der Waals surface area contributed by atoms with Crippen LogP contribution in [-0.4, -0.2) is 20.9 Å². The second kappa shape index (κ2) is 8.35. The number of aromatic carboxylic acids is 1. The quantitative estimate of drug-likeness (QED) is 0.444. The van der Waals surface area contributed by atoms with E-state index in [1.165, 1.54) is 30.3 Å². The van der Waals surface area contributed by atoms with Crippen molar-refractivity contribution in [3.8, 4) is 16.9 Å². The van der Waals surface area contributed by atoms with Gasteiger partial charge in [0.1, 0.15) is 5.82 Å². The topological polar surface area (TPSA) is 67.2 Å². The number of halogens is 3. The zero-order valence-electron chi connectivity index (χ0n) is 16.0. The minimum absolute atomic E-state index is 0.140. The van der Waals surface area contributed by atoms with E-state index >= 15 is 0 Å². The van der Waals surface area contributed by atoms with E-state index in [1.54, 1.807) is 35.1 Å². The molecule has 0 amide bonds. The third-order valence-electron chi connectivity index (χ3n) is 4.67. The fraction of sp³-hybridized carbons (Fsp3) is 0.0435. The number of carbonyl (C=O) groups is 1. The highest BCUT2D eigenvalue weighted by Gasteiger charge is 2.14. The van der Waals surface area contributed by atoms with Crippen molar-refractivity contribution in [3.63, 3.8) is 0 Å². The third-order valence-corrected chi connectivity index (χ3v) is 4.67. The number of hydrogen-bond donors (Lipinski definition) is 2. The Balaban J connectivity index is 1.69. The zero-order chi connectivity index (χ0) is 22.0. The summed E-state index contributed by atoms with van der Waals surface area (Å²) in [4.78, 5) is 11.1. The summed E-state index contributed by atoms with van der Waals surface area (Å²) in [7, 11) is 0. The SMILES string of the molecule is O=C(O)c1ccc(-n2cc(CNc3ccc(F)c(F)c3)c(-c3cccc(F)c3)n2)cc1. The molecule has 3 aromatic carbocycles. The van der Waals surface area contributed by atoms with Crippen LogP contribution in [-0.2, 0) is 6.54 Å². The maximum atomic E-state index is 13.8.